The number of hydrogen-bond acceptors (Lipinski definition) is 6. The molecule has 0 saturated carbocycles. The normalized spacial score (nSPS) is 11.0. The average Bonchev–Trinajstić information content (AvgIpc) is 2.98. The van der Waals surface area contributed by atoms with Gasteiger partial charge in [-0.25, -0.2) is 0 Å². The summed E-state index contributed by atoms with van der Waals surface area (Å²) in [6.07, 6.45) is 1.55. The van der Waals surface area contributed by atoms with E-state index in [4.69, 9.17) is 10.00 Å². The topological polar surface area (TPSA) is 99.5 Å². The maximum absolute atomic E-state index is 9.08. The van der Waals surface area contributed by atoms with Crippen LogP contribution in [0.25, 0.3) is 5.57 Å². The molecule has 2 rings (SSSR count). The van der Waals surface area contributed by atoms with Crippen LogP contribution in [0.4, 0.5) is 5.69 Å². The summed E-state index contributed by atoms with van der Waals surface area (Å²) in [5.41, 5.74) is 3.28. The van der Waals surface area contributed by atoms with Gasteiger partial charge >= 0.3 is 0 Å². The van der Waals surface area contributed by atoms with Crippen LogP contribution in [0.3, 0.4) is 0 Å². The highest BCUT2D eigenvalue weighted by Gasteiger charge is 2.08. The first-order chi connectivity index (χ1) is 9.67. The summed E-state index contributed by atoms with van der Waals surface area (Å²) in [6, 6.07) is 5.79. The Kier molecular flexibility index (Phi) is 3.96. The van der Waals surface area contributed by atoms with Crippen molar-refractivity contribution in [3.05, 3.63) is 35.3 Å². The van der Waals surface area contributed by atoms with Crippen LogP contribution in [0.15, 0.2) is 18.3 Å². The molecule has 7 nitrogen and oxygen atoms in total. The van der Waals surface area contributed by atoms with Gasteiger partial charge in [0.1, 0.15) is 17.4 Å². The summed E-state index contributed by atoms with van der Waals surface area (Å²) in [5.74, 6) is 1.08. The van der Waals surface area contributed by atoms with Crippen molar-refractivity contribution in [2.45, 2.75) is 13.8 Å². The van der Waals surface area contributed by atoms with Crippen molar-refractivity contribution >= 4 is 11.3 Å². The molecule has 0 aliphatic carbocycles. The molecule has 2 aromatic rings. The molecule has 0 aliphatic heterocycles. The van der Waals surface area contributed by atoms with Gasteiger partial charge < -0.3 is 10.1 Å². The Morgan fingerprint density at radius 2 is 2.20 bits per heavy atom. The maximum Gasteiger partial charge on any atom is 0.216 e. The van der Waals surface area contributed by atoms with E-state index >= 15 is 0 Å². The molecule has 7 heteroatoms. The van der Waals surface area contributed by atoms with Gasteiger partial charge in [0.15, 0.2) is 0 Å². The molecule has 0 amide bonds. The molecule has 2 N–H and O–H groups in total. The predicted molar refractivity (Wildman–Crippen MR) is 73.9 cm³/mol. The largest absolute Gasteiger partial charge is 0.496 e. The summed E-state index contributed by atoms with van der Waals surface area (Å²) in [5, 5.41) is 25.4. The quantitative estimate of drug-likeness (QED) is 0.822. The van der Waals surface area contributed by atoms with E-state index in [1.165, 1.54) is 0 Å². The number of hydrogen-bond donors (Lipinski definition) is 2. The third-order valence-corrected chi connectivity index (χ3v) is 3.04. The van der Waals surface area contributed by atoms with Crippen LogP contribution in [0.5, 0.6) is 5.75 Å². The fourth-order valence-corrected chi connectivity index (χ4v) is 1.75. The molecule has 0 atom stereocenters. The van der Waals surface area contributed by atoms with E-state index in [1.807, 2.05) is 32.0 Å². The lowest BCUT2D eigenvalue weighted by Gasteiger charge is -2.12. The number of anilines is 1. The van der Waals surface area contributed by atoms with Gasteiger partial charge in [-0.05, 0) is 42.3 Å². The first-order valence-corrected chi connectivity index (χ1v) is 5.92. The van der Waals surface area contributed by atoms with Crippen LogP contribution in [-0.2, 0) is 0 Å². The van der Waals surface area contributed by atoms with Crippen LogP contribution in [0.2, 0.25) is 0 Å². The summed E-state index contributed by atoms with van der Waals surface area (Å²) in [4.78, 5) is 0. The number of rotatable bonds is 4. The molecule has 0 aliphatic rings. The van der Waals surface area contributed by atoms with Crippen molar-refractivity contribution in [1.29, 1.82) is 5.26 Å². The van der Waals surface area contributed by atoms with E-state index in [0.717, 1.165) is 22.6 Å². The Labute approximate surface area is 116 Å². The van der Waals surface area contributed by atoms with Crippen molar-refractivity contribution in [2.24, 2.45) is 0 Å². The Morgan fingerprint density at radius 3 is 2.80 bits per heavy atom. The molecule has 1 aromatic carbocycles. The molecule has 0 unspecified atom stereocenters. The first kappa shape index (κ1) is 13.5. The van der Waals surface area contributed by atoms with E-state index in [9.17, 15) is 0 Å². The zero-order valence-corrected chi connectivity index (χ0v) is 11.4. The van der Waals surface area contributed by atoms with Gasteiger partial charge in [0.05, 0.1) is 7.11 Å². The predicted octanol–water partition coefficient (Wildman–Crippen LogP) is 1.80. The van der Waals surface area contributed by atoms with Crippen LogP contribution < -0.4 is 10.1 Å². The minimum atomic E-state index is 0.253. The Hall–Kier alpha value is -2.88. The highest BCUT2D eigenvalue weighted by molar-refractivity contribution is 5.74. The van der Waals surface area contributed by atoms with Crippen molar-refractivity contribution in [3.8, 4) is 11.8 Å². The lowest BCUT2D eigenvalue weighted by molar-refractivity contribution is 0.411. The molecule has 0 fully saturated rings. The minimum Gasteiger partial charge on any atom is -0.496 e. The monoisotopic (exact) mass is 270 g/mol. The molecule has 1 aromatic heterocycles. The lowest BCUT2D eigenvalue weighted by atomic mass is 10.1. The molecule has 1 heterocycles. The number of aromatic nitrogens is 4. The molecule has 0 radical (unpaired) electrons. The molecule has 0 saturated heterocycles. The number of nitriles is 1. The van der Waals surface area contributed by atoms with Gasteiger partial charge in [-0.1, -0.05) is 0 Å². The Balaban J connectivity index is 2.27. The van der Waals surface area contributed by atoms with Crippen LogP contribution >= 0.6 is 0 Å². The highest BCUT2D eigenvalue weighted by Crippen LogP contribution is 2.27. The average molecular weight is 270 g/mol. The van der Waals surface area contributed by atoms with Crippen molar-refractivity contribution in [1.82, 2.24) is 20.6 Å². The van der Waals surface area contributed by atoms with E-state index < -0.39 is 0 Å². The van der Waals surface area contributed by atoms with Crippen LogP contribution in [0.1, 0.15) is 17.0 Å². The smallest absolute Gasteiger partial charge is 0.216 e. The number of nitrogens with zero attached hydrogens (tertiary/aromatic N) is 4. The fourth-order valence-electron chi connectivity index (χ4n) is 1.75. The first-order valence-electron chi connectivity index (χ1n) is 5.92. The lowest BCUT2D eigenvalue weighted by Crippen LogP contribution is -1.98. The number of ether oxygens (including phenoxy) is 1. The number of benzene rings is 1. The minimum absolute atomic E-state index is 0.253. The molecule has 102 valence electrons. The van der Waals surface area contributed by atoms with Crippen molar-refractivity contribution < 1.29 is 4.74 Å². The zero-order valence-electron chi connectivity index (χ0n) is 11.4. The third-order valence-electron chi connectivity index (χ3n) is 3.04. The van der Waals surface area contributed by atoms with Gasteiger partial charge in [-0.2, -0.15) is 10.5 Å². The fraction of sp³-hybridized carbons (Fsp3) is 0.231. The van der Waals surface area contributed by atoms with Gasteiger partial charge in [-0.3, -0.25) is 0 Å². The van der Waals surface area contributed by atoms with Gasteiger partial charge in [0, 0.05) is 11.9 Å². The summed E-state index contributed by atoms with van der Waals surface area (Å²) in [7, 11) is 1.64. The van der Waals surface area contributed by atoms with E-state index in [1.54, 1.807) is 13.3 Å². The van der Waals surface area contributed by atoms with Crippen molar-refractivity contribution in [3.63, 3.8) is 0 Å². The SMILES string of the molecule is COc1ccc(NC=C(C#N)c2nn[nH]n2)c(C)c1C. The summed E-state index contributed by atoms with van der Waals surface area (Å²) >= 11 is 0. The summed E-state index contributed by atoms with van der Waals surface area (Å²) < 4.78 is 5.26. The number of allylic oxidation sites excluding steroid dienone is 1. The second kappa shape index (κ2) is 5.84. The molecule has 0 bridgehead atoms. The molecular weight excluding hydrogens is 256 g/mol. The molecular formula is C13H14N6O. The standard InChI is InChI=1S/C13H14N6O/c1-8-9(2)12(20-3)5-4-11(8)15-7-10(6-14)13-16-18-19-17-13/h4-5,7,15H,1-3H3,(H,16,17,18,19). The number of tetrazole rings is 1. The van der Waals surface area contributed by atoms with E-state index in [0.29, 0.717) is 5.57 Å². The molecule has 0 spiro atoms. The van der Waals surface area contributed by atoms with Gasteiger partial charge in [0.25, 0.3) is 0 Å². The van der Waals surface area contributed by atoms with Crippen molar-refractivity contribution in [2.75, 3.05) is 12.4 Å². The van der Waals surface area contributed by atoms with Crippen LogP contribution in [0, 0.1) is 25.2 Å². The van der Waals surface area contributed by atoms with E-state index in [2.05, 4.69) is 25.9 Å². The van der Waals surface area contributed by atoms with Gasteiger partial charge in [0.2, 0.25) is 5.82 Å². The second-order valence-corrected chi connectivity index (χ2v) is 4.11. The van der Waals surface area contributed by atoms with Gasteiger partial charge in [-0.15, -0.1) is 10.2 Å². The summed E-state index contributed by atoms with van der Waals surface area (Å²) in [6.45, 7) is 3.96. The number of aromatic amines is 1. The Morgan fingerprint density at radius 1 is 1.40 bits per heavy atom. The Bertz CT molecular complexity index is 669. The molecule has 20 heavy (non-hydrogen) atoms. The zero-order chi connectivity index (χ0) is 14.5. The third kappa shape index (κ3) is 2.59. The number of H-pyrrole nitrogens is 1. The second-order valence-electron chi connectivity index (χ2n) is 4.11. The number of nitrogens with one attached hydrogen (secondary N) is 2. The van der Waals surface area contributed by atoms with E-state index in [-0.39, 0.29) is 5.82 Å². The van der Waals surface area contributed by atoms with Crippen LogP contribution in [-0.4, -0.2) is 27.7 Å². The highest BCUT2D eigenvalue weighted by atomic mass is 16.5. The maximum atomic E-state index is 9.08. The number of methoxy groups -OCH3 is 1.